The average Bonchev–Trinajstić information content (AvgIpc) is 2.65. The van der Waals surface area contributed by atoms with Crippen molar-refractivity contribution in [1.29, 1.82) is 0 Å². The zero-order valence-corrected chi connectivity index (χ0v) is 7.89. The molecule has 2 rings (SSSR count). The van der Waals surface area contributed by atoms with Gasteiger partial charge in [0.15, 0.2) is 0 Å². The van der Waals surface area contributed by atoms with Crippen LogP contribution in [0.25, 0.3) is 11.5 Å². The number of pyridine rings is 1. The maximum Gasteiger partial charge on any atom is 0.223 e. The molecule has 0 aromatic carbocycles. The van der Waals surface area contributed by atoms with E-state index in [2.05, 4.69) is 15.1 Å². The Morgan fingerprint density at radius 3 is 2.79 bits per heavy atom. The Hall–Kier alpha value is -1.91. The third-order valence-corrected chi connectivity index (χ3v) is 1.69. The minimum absolute atomic E-state index is 0.474. The zero-order chi connectivity index (χ0) is 9.97. The van der Waals surface area contributed by atoms with Crippen LogP contribution in [-0.2, 0) is 0 Å². The van der Waals surface area contributed by atoms with Gasteiger partial charge in [0, 0.05) is 13.0 Å². The van der Waals surface area contributed by atoms with Crippen molar-refractivity contribution >= 4 is 0 Å². The topological polar surface area (TPSA) is 61.0 Å². The molecule has 0 radical (unpaired) electrons. The van der Waals surface area contributed by atoms with Crippen molar-refractivity contribution < 1.29 is 9.26 Å². The number of hydrogen-bond acceptors (Lipinski definition) is 5. The summed E-state index contributed by atoms with van der Waals surface area (Å²) in [4.78, 5) is 8.23. The maximum atomic E-state index is 4.99. The SMILES string of the molecule is COc1cccc(-c2noc(C)n2)n1. The molecular formula is C9H9N3O2. The van der Waals surface area contributed by atoms with E-state index in [1.165, 1.54) is 0 Å². The highest BCUT2D eigenvalue weighted by atomic mass is 16.5. The van der Waals surface area contributed by atoms with Crippen LogP contribution in [0.5, 0.6) is 5.88 Å². The summed E-state index contributed by atoms with van der Waals surface area (Å²) in [6.45, 7) is 1.73. The van der Waals surface area contributed by atoms with Crippen LogP contribution in [0, 0.1) is 6.92 Å². The zero-order valence-electron chi connectivity index (χ0n) is 7.89. The molecule has 0 spiro atoms. The molecule has 72 valence electrons. The van der Waals surface area contributed by atoms with Gasteiger partial charge in [0.2, 0.25) is 17.6 Å². The van der Waals surface area contributed by atoms with Crippen LogP contribution in [0.15, 0.2) is 22.7 Å². The molecule has 0 aliphatic rings. The Kier molecular flexibility index (Phi) is 2.14. The quantitative estimate of drug-likeness (QED) is 0.718. The Labute approximate surface area is 80.7 Å². The second-order valence-electron chi connectivity index (χ2n) is 2.70. The van der Waals surface area contributed by atoms with Gasteiger partial charge in [0.25, 0.3) is 0 Å². The Bertz CT molecular complexity index is 439. The highest BCUT2D eigenvalue weighted by molar-refractivity contribution is 5.48. The molecule has 5 nitrogen and oxygen atoms in total. The molecule has 0 bridgehead atoms. The standard InChI is InChI=1S/C9H9N3O2/c1-6-10-9(12-14-6)7-4-3-5-8(11-7)13-2/h3-5H,1-2H3. The largest absolute Gasteiger partial charge is 0.481 e. The Morgan fingerprint density at radius 2 is 2.14 bits per heavy atom. The lowest BCUT2D eigenvalue weighted by Crippen LogP contribution is -1.90. The normalized spacial score (nSPS) is 10.1. The van der Waals surface area contributed by atoms with E-state index < -0.39 is 0 Å². The molecule has 0 N–H and O–H groups in total. The molecule has 0 amide bonds. The summed E-state index contributed by atoms with van der Waals surface area (Å²) >= 11 is 0. The predicted octanol–water partition coefficient (Wildman–Crippen LogP) is 1.45. The molecule has 0 saturated heterocycles. The van der Waals surface area contributed by atoms with E-state index in [1.54, 1.807) is 26.2 Å². The third kappa shape index (κ3) is 1.56. The van der Waals surface area contributed by atoms with Gasteiger partial charge in [-0.2, -0.15) is 4.98 Å². The predicted molar refractivity (Wildman–Crippen MR) is 48.8 cm³/mol. The molecule has 0 atom stereocenters. The lowest BCUT2D eigenvalue weighted by Gasteiger charge is -1.98. The van der Waals surface area contributed by atoms with Gasteiger partial charge < -0.3 is 9.26 Å². The minimum Gasteiger partial charge on any atom is -0.481 e. The van der Waals surface area contributed by atoms with Crippen LogP contribution >= 0.6 is 0 Å². The molecule has 2 aromatic heterocycles. The molecule has 2 heterocycles. The van der Waals surface area contributed by atoms with Crippen molar-refractivity contribution in [3.63, 3.8) is 0 Å². The lowest BCUT2D eigenvalue weighted by atomic mass is 10.3. The first-order chi connectivity index (χ1) is 6.79. The van der Waals surface area contributed by atoms with Crippen LogP contribution in [0.1, 0.15) is 5.89 Å². The Balaban J connectivity index is 2.41. The van der Waals surface area contributed by atoms with Crippen LogP contribution in [0.3, 0.4) is 0 Å². The third-order valence-electron chi connectivity index (χ3n) is 1.69. The van der Waals surface area contributed by atoms with Gasteiger partial charge in [-0.25, -0.2) is 4.98 Å². The lowest BCUT2D eigenvalue weighted by molar-refractivity contribution is 0.392. The van der Waals surface area contributed by atoms with Gasteiger partial charge in [0.05, 0.1) is 7.11 Å². The van der Waals surface area contributed by atoms with E-state index in [4.69, 9.17) is 9.26 Å². The van der Waals surface area contributed by atoms with Gasteiger partial charge in [-0.15, -0.1) is 0 Å². The summed E-state index contributed by atoms with van der Waals surface area (Å²) in [5, 5.41) is 3.76. The van der Waals surface area contributed by atoms with Crippen molar-refractivity contribution in [2.45, 2.75) is 6.92 Å². The molecule has 2 aromatic rings. The van der Waals surface area contributed by atoms with Gasteiger partial charge in [-0.05, 0) is 6.07 Å². The molecule has 0 unspecified atom stereocenters. The highest BCUT2D eigenvalue weighted by Crippen LogP contribution is 2.15. The molecule has 0 saturated carbocycles. The number of ether oxygens (including phenoxy) is 1. The second-order valence-corrected chi connectivity index (χ2v) is 2.70. The number of nitrogens with zero attached hydrogens (tertiary/aromatic N) is 3. The molecular weight excluding hydrogens is 182 g/mol. The van der Waals surface area contributed by atoms with Crippen LogP contribution in [0.2, 0.25) is 0 Å². The smallest absolute Gasteiger partial charge is 0.223 e. The number of methoxy groups -OCH3 is 1. The Morgan fingerprint density at radius 1 is 1.29 bits per heavy atom. The number of rotatable bonds is 2. The van der Waals surface area contributed by atoms with E-state index in [0.717, 1.165) is 0 Å². The van der Waals surface area contributed by atoms with Crippen LogP contribution in [0.4, 0.5) is 0 Å². The van der Waals surface area contributed by atoms with E-state index in [1.807, 2.05) is 6.07 Å². The van der Waals surface area contributed by atoms with E-state index >= 15 is 0 Å². The van der Waals surface area contributed by atoms with Crippen molar-refractivity contribution in [3.05, 3.63) is 24.1 Å². The van der Waals surface area contributed by atoms with Crippen molar-refractivity contribution in [2.24, 2.45) is 0 Å². The summed E-state index contributed by atoms with van der Waals surface area (Å²) in [5.74, 6) is 1.52. The van der Waals surface area contributed by atoms with E-state index in [-0.39, 0.29) is 0 Å². The fourth-order valence-electron chi connectivity index (χ4n) is 1.06. The summed E-state index contributed by atoms with van der Waals surface area (Å²) in [6.07, 6.45) is 0. The molecule has 0 aliphatic heterocycles. The average molecular weight is 191 g/mol. The second kappa shape index (κ2) is 3.45. The van der Waals surface area contributed by atoms with E-state index in [9.17, 15) is 0 Å². The van der Waals surface area contributed by atoms with Crippen LogP contribution < -0.4 is 4.74 Å². The molecule has 14 heavy (non-hydrogen) atoms. The number of aromatic nitrogens is 3. The summed E-state index contributed by atoms with van der Waals surface area (Å²) in [6, 6.07) is 5.39. The number of aryl methyl sites for hydroxylation is 1. The summed E-state index contributed by atoms with van der Waals surface area (Å²) in [7, 11) is 1.56. The molecule has 5 heteroatoms. The first kappa shape index (κ1) is 8.68. The highest BCUT2D eigenvalue weighted by Gasteiger charge is 2.07. The first-order valence-corrected chi connectivity index (χ1v) is 4.11. The first-order valence-electron chi connectivity index (χ1n) is 4.11. The van der Waals surface area contributed by atoms with Gasteiger partial charge >= 0.3 is 0 Å². The van der Waals surface area contributed by atoms with Crippen molar-refractivity contribution in [3.8, 4) is 17.4 Å². The van der Waals surface area contributed by atoms with Gasteiger partial charge in [-0.1, -0.05) is 11.2 Å². The molecule has 0 aliphatic carbocycles. The maximum absolute atomic E-state index is 4.99. The summed E-state index contributed by atoms with van der Waals surface area (Å²) < 4.78 is 9.84. The monoisotopic (exact) mass is 191 g/mol. The fraction of sp³-hybridized carbons (Fsp3) is 0.222. The van der Waals surface area contributed by atoms with Gasteiger partial charge in [0.1, 0.15) is 5.69 Å². The van der Waals surface area contributed by atoms with E-state index in [0.29, 0.717) is 23.3 Å². The van der Waals surface area contributed by atoms with Gasteiger partial charge in [-0.3, -0.25) is 0 Å². The summed E-state index contributed by atoms with van der Waals surface area (Å²) in [5.41, 5.74) is 0.640. The van der Waals surface area contributed by atoms with Crippen molar-refractivity contribution in [1.82, 2.24) is 15.1 Å². The van der Waals surface area contributed by atoms with Crippen LogP contribution in [-0.4, -0.2) is 22.2 Å². The minimum atomic E-state index is 0.474. The fourth-order valence-corrected chi connectivity index (χ4v) is 1.06. The number of hydrogen-bond donors (Lipinski definition) is 0. The van der Waals surface area contributed by atoms with Crippen molar-refractivity contribution in [2.75, 3.05) is 7.11 Å². The molecule has 0 fully saturated rings.